The van der Waals surface area contributed by atoms with Gasteiger partial charge in [-0.1, -0.05) is 11.6 Å². The van der Waals surface area contributed by atoms with Crippen molar-refractivity contribution in [1.82, 2.24) is 0 Å². The molecule has 0 N–H and O–H groups in total. The fraction of sp³-hybridized carbons (Fsp3) is 0.0714. The number of hydrogen-bond donors (Lipinski definition) is 0. The highest BCUT2D eigenvalue weighted by atomic mass is 35.5. The van der Waals surface area contributed by atoms with Crippen molar-refractivity contribution in [3.63, 3.8) is 0 Å². The van der Waals surface area contributed by atoms with Crippen molar-refractivity contribution in [1.29, 1.82) is 0 Å². The molecule has 0 aliphatic carbocycles. The van der Waals surface area contributed by atoms with E-state index in [0.29, 0.717) is 10.7 Å². The summed E-state index contributed by atoms with van der Waals surface area (Å²) in [5.74, 6) is -1.62. The Balaban J connectivity index is 1.95. The van der Waals surface area contributed by atoms with E-state index in [4.69, 9.17) is 16.0 Å². The van der Waals surface area contributed by atoms with Crippen molar-refractivity contribution >= 4 is 34.8 Å². The summed E-state index contributed by atoms with van der Waals surface area (Å²) in [7, 11) is 0. The lowest BCUT2D eigenvalue weighted by Gasteiger charge is -2.14. The zero-order valence-electron chi connectivity index (χ0n) is 10.1. The van der Waals surface area contributed by atoms with Crippen LogP contribution in [0.15, 0.2) is 41.0 Å². The van der Waals surface area contributed by atoms with Crippen LogP contribution >= 0.6 is 11.6 Å². The van der Waals surface area contributed by atoms with Gasteiger partial charge in [0.25, 0.3) is 11.7 Å². The van der Waals surface area contributed by atoms with Gasteiger partial charge >= 0.3 is 0 Å². The maximum Gasteiger partial charge on any atom is 0.299 e. The number of carbonyl (C=O) groups excluding carboxylic acids is 3. The molecule has 5 nitrogen and oxygen atoms in total. The Labute approximate surface area is 118 Å². The summed E-state index contributed by atoms with van der Waals surface area (Å²) in [6, 6.07) is 7.59. The van der Waals surface area contributed by atoms with Crippen molar-refractivity contribution in [2.45, 2.75) is 0 Å². The fourth-order valence-corrected chi connectivity index (χ4v) is 2.25. The molecule has 100 valence electrons. The second kappa shape index (κ2) is 4.61. The molecule has 0 atom stereocenters. The molecule has 1 aliphatic rings. The molecule has 6 heteroatoms. The molecular weight excluding hydrogens is 282 g/mol. The number of ketones is 2. The summed E-state index contributed by atoms with van der Waals surface area (Å²) >= 11 is 5.87. The number of benzene rings is 1. The molecule has 2 heterocycles. The number of amides is 1. The molecule has 0 saturated heterocycles. The number of furan rings is 1. The van der Waals surface area contributed by atoms with E-state index < -0.39 is 11.7 Å². The standard InChI is InChI=1S/C14H8ClNO4/c15-8-3-4-9-10(6-8)16(14(19)13(9)18)7-11(17)12-2-1-5-20-12/h1-6H,7H2. The Hall–Kier alpha value is -2.40. The average Bonchev–Trinajstić information content (AvgIpc) is 3.03. The third-order valence-electron chi connectivity index (χ3n) is 3.03. The minimum Gasteiger partial charge on any atom is -0.461 e. The highest BCUT2D eigenvalue weighted by molar-refractivity contribution is 6.53. The summed E-state index contributed by atoms with van der Waals surface area (Å²) in [4.78, 5) is 36.8. The molecule has 1 aromatic carbocycles. The van der Waals surface area contributed by atoms with E-state index >= 15 is 0 Å². The van der Waals surface area contributed by atoms with Crippen LogP contribution in [0.25, 0.3) is 0 Å². The van der Waals surface area contributed by atoms with Crippen molar-refractivity contribution in [2.75, 3.05) is 11.4 Å². The molecule has 0 unspecified atom stereocenters. The van der Waals surface area contributed by atoms with E-state index in [0.717, 1.165) is 4.90 Å². The van der Waals surface area contributed by atoms with E-state index in [9.17, 15) is 14.4 Å². The smallest absolute Gasteiger partial charge is 0.299 e. The van der Waals surface area contributed by atoms with Gasteiger partial charge in [0.15, 0.2) is 5.76 Å². The van der Waals surface area contributed by atoms with Crippen LogP contribution in [-0.2, 0) is 4.79 Å². The van der Waals surface area contributed by atoms with E-state index in [1.807, 2.05) is 0 Å². The first-order valence-electron chi connectivity index (χ1n) is 5.80. The van der Waals surface area contributed by atoms with Crippen LogP contribution in [0.1, 0.15) is 20.9 Å². The monoisotopic (exact) mass is 289 g/mol. The lowest BCUT2D eigenvalue weighted by atomic mass is 10.1. The van der Waals surface area contributed by atoms with Crippen LogP contribution in [0.4, 0.5) is 5.69 Å². The van der Waals surface area contributed by atoms with Gasteiger partial charge in [-0.3, -0.25) is 19.3 Å². The van der Waals surface area contributed by atoms with Crippen LogP contribution in [0.2, 0.25) is 5.02 Å². The number of nitrogens with zero attached hydrogens (tertiary/aromatic N) is 1. The maximum absolute atomic E-state index is 12.0. The van der Waals surface area contributed by atoms with Crippen LogP contribution < -0.4 is 4.90 Å². The second-order valence-corrected chi connectivity index (χ2v) is 4.72. The predicted octanol–water partition coefficient (Wildman–Crippen LogP) is 2.35. The van der Waals surface area contributed by atoms with Gasteiger partial charge < -0.3 is 4.42 Å². The molecule has 0 bridgehead atoms. The zero-order valence-corrected chi connectivity index (χ0v) is 10.9. The van der Waals surface area contributed by atoms with Crippen molar-refractivity contribution in [2.24, 2.45) is 0 Å². The molecule has 0 saturated carbocycles. The first-order valence-corrected chi connectivity index (χ1v) is 6.18. The Bertz CT molecular complexity index is 721. The van der Waals surface area contributed by atoms with Gasteiger partial charge in [0.2, 0.25) is 5.78 Å². The number of rotatable bonds is 3. The lowest BCUT2D eigenvalue weighted by Crippen LogP contribution is -2.34. The van der Waals surface area contributed by atoms with Gasteiger partial charge in [-0.2, -0.15) is 0 Å². The van der Waals surface area contributed by atoms with E-state index in [-0.39, 0.29) is 23.7 Å². The maximum atomic E-state index is 12.0. The van der Waals surface area contributed by atoms with Crippen LogP contribution in [0.3, 0.4) is 0 Å². The number of Topliss-reactive ketones (excluding diaryl/α,β-unsaturated/α-hetero) is 2. The minimum atomic E-state index is -0.734. The minimum absolute atomic E-state index is 0.140. The summed E-state index contributed by atoms with van der Waals surface area (Å²) in [5.41, 5.74) is 0.610. The summed E-state index contributed by atoms with van der Waals surface area (Å²) in [6.45, 7) is -0.259. The number of hydrogen-bond acceptors (Lipinski definition) is 4. The second-order valence-electron chi connectivity index (χ2n) is 4.28. The van der Waals surface area contributed by atoms with Crippen LogP contribution in [0.5, 0.6) is 0 Å². The average molecular weight is 290 g/mol. The Kier molecular flexibility index (Phi) is 2.91. The lowest BCUT2D eigenvalue weighted by molar-refractivity contribution is -0.114. The van der Waals surface area contributed by atoms with Crippen LogP contribution in [-0.4, -0.2) is 24.0 Å². The normalized spacial score (nSPS) is 13.8. The molecule has 3 rings (SSSR count). The van der Waals surface area contributed by atoms with Gasteiger partial charge in [-0.15, -0.1) is 0 Å². The first-order chi connectivity index (χ1) is 9.58. The molecule has 2 aromatic rings. The molecular formula is C14H8ClNO4. The predicted molar refractivity (Wildman–Crippen MR) is 71.2 cm³/mol. The third kappa shape index (κ3) is 1.92. The van der Waals surface area contributed by atoms with Crippen LogP contribution in [0, 0.1) is 0 Å². The SMILES string of the molecule is O=C(CN1C(=O)C(=O)c2ccc(Cl)cc21)c1ccco1. The summed E-state index contributed by atoms with van der Waals surface area (Å²) in [6.07, 6.45) is 1.37. The van der Waals surface area contributed by atoms with Crippen molar-refractivity contribution in [3.8, 4) is 0 Å². The Morgan fingerprint density at radius 2 is 2.05 bits per heavy atom. The van der Waals surface area contributed by atoms with E-state index in [1.165, 1.54) is 30.5 Å². The van der Waals surface area contributed by atoms with E-state index in [1.54, 1.807) is 6.07 Å². The fourth-order valence-electron chi connectivity index (χ4n) is 2.08. The highest BCUT2D eigenvalue weighted by Crippen LogP contribution is 2.31. The van der Waals surface area contributed by atoms with Gasteiger partial charge in [0.1, 0.15) is 0 Å². The molecule has 20 heavy (non-hydrogen) atoms. The molecule has 1 aromatic heterocycles. The summed E-state index contributed by atoms with van der Waals surface area (Å²) in [5, 5.41) is 0.390. The summed E-state index contributed by atoms with van der Waals surface area (Å²) < 4.78 is 4.98. The third-order valence-corrected chi connectivity index (χ3v) is 3.27. The Morgan fingerprint density at radius 3 is 2.75 bits per heavy atom. The van der Waals surface area contributed by atoms with Gasteiger partial charge in [0.05, 0.1) is 24.1 Å². The van der Waals surface area contributed by atoms with E-state index in [2.05, 4.69) is 0 Å². The van der Waals surface area contributed by atoms with Gasteiger partial charge in [0, 0.05) is 5.02 Å². The molecule has 0 spiro atoms. The first kappa shape index (κ1) is 12.6. The molecule has 1 aliphatic heterocycles. The Morgan fingerprint density at radius 1 is 1.25 bits per heavy atom. The molecule has 1 amide bonds. The van der Waals surface area contributed by atoms with Gasteiger partial charge in [-0.05, 0) is 30.3 Å². The quantitative estimate of drug-likeness (QED) is 0.642. The highest BCUT2D eigenvalue weighted by Gasteiger charge is 2.37. The number of carbonyl (C=O) groups is 3. The topological polar surface area (TPSA) is 67.6 Å². The zero-order chi connectivity index (χ0) is 14.3. The van der Waals surface area contributed by atoms with Crippen molar-refractivity contribution < 1.29 is 18.8 Å². The molecule has 0 fully saturated rings. The molecule has 0 radical (unpaired) electrons. The number of halogens is 1. The number of anilines is 1. The van der Waals surface area contributed by atoms with Gasteiger partial charge in [-0.25, -0.2) is 0 Å². The van der Waals surface area contributed by atoms with Crippen molar-refractivity contribution in [3.05, 3.63) is 52.9 Å². The largest absolute Gasteiger partial charge is 0.461 e. The number of fused-ring (bicyclic) bond motifs is 1.